The van der Waals surface area contributed by atoms with Crippen molar-refractivity contribution in [2.75, 3.05) is 6.61 Å². The van der Waals surface area contributed by atoms with E-state index in [1.807, 2.05) is 13.8 Å². The zero-order valence-electron chi connectivity index (χ0n) is 11.8. The summed E-state index contributed by atoms with van der Waals surface area (Å²) >= 11 is 0. The zero-order valence-corrected chi connectivity index (χ0v) is 11.8. The highest BCUT2D eigenvalue weighted by molar-refractivity contribution is 5.76. The Morgan fingerprint density at radius 1 is 1.44 bits per heavy atom. The molecule has 18 heavy (non-hydrogen) atoms. The number of carbonyl (C=O) groups is 1. The van der Waals surface area contributed by atoms with Crippen molar-refractivity contribution in [3.05, 3.63) is 11.6 Å². The van der Waals surface area contributed by atoms with Crippen LogP contribution in [0.3, 0.4) is 0 Å². The molecule has 1 aliphatic carbocycles. The summed E-state index contributed by atoms with van der Waals surface area (Å²) in [5.41, 5.74) is 1.12. The van der Waals surface area contributed by atoms with E-state index in [9.17, 15) is 4.79 Å². The largest absolute Gasteiger partial charge is 0.466 e. The third-order valence-electron chi connectivity index (χ3n) is 3.29. The van der Waals surface area contributed by atoms with Gasteiger partial charge in [-0.2, -0.15) is 0 Å². The minimum Gasteiger partial charge on any atom is -0.466 e. The lowest BCUT2D eigenvalue weighted by Crippen LogP contribution is -2.23. The van der Waals surface area contributed by atoms with Crippen LogP contribution in [0.25, 0.3) is 0 Å². The number of carbonyl (C=O) groups excluding carboxylic acids is 1. The molecule has 2 unspecified atom stereocenters. The van der Waals surface area contributed by atoms with E-state index in [1.165, 1.54) is 12.8 Å². The van der Waals surface area contributed by atoms with E-state index in [0.717, 1.165) is 24.8 Å². The van der Waals surface area contributed by atoms with E-state index in [1.54, 1.807) is 0 Å². The molecule has 2 heteroatoms. The molecular weight excluding hydrogens is 224 g/mol. The molecule has 0 saturated carbocycles. The van der Waals surface area contributed by atoms with Gasteiger partial charge < -0.3 is 4.74 Å². The second-order valence-corrected chi connectivity index (χ2v) is 4.82. The molecule has 0 N–H and O–H groups in total. The molecule has 0 aromatic heterocycles. The molecule has 0 aromatic carbocycles. The van der Waals surface area contributed by atoms with Gasteiger partial charge in [-0.1, -0.05) is 30.9 Å². The molecule has 1 aliphatic rings. The Morgan fingerprint density at radius 3 is 2.83 bits per heavy atom. The van der Waals surface area contributed by atoms with E-state index in [2.05, 4.69) is 24.8 Å². The summed E-state index contributed by atoms with van der Waals surface area (Å²) in [6.07, 6.45) is 7.34. The lowest BCUT2D eigenvalue weighted by atomic mass is 9.83. The Bertz CT molecular complexity index is 357. The first-order valence-electron chi connectivity index (χ1n) is 7.02. The summed E-state index contributed by atoms with van der Waals surface area (Å²) in [5.74, 6) is 6.74. The second kappa shape index (κ2) is 7.97. The summed E-state index contributed by atoms with van der Waals surface area (Å²) in [6, 6.07) is 0. The summed E-state index contributed by atoms with van der Waals surface area (Å²) < 4.78 is 5.08. The smallest absolute Gasteiger partial charge is 0.313 e. The molecular formula is C16H24O2. The predicted octanol–water partition coefficient (Wildman–Crippen LogP) is 3.72. The van der Waals surface area contributed by atoms with E-state index in [0.29, 0.717) is 12.5 Å². The van der Waals surface area contributed by atoms with Crippen molar-refractivity contribution < 1.29 is 9.53 Å². The molecule has 0 bridgehead atoms. The van der Waals surface area contributed by atoms with Gasteiger partial charge in [0.05, 0.1) is 12.5 Å². The third-order valence-corrected chi connectivity index (χ3v) is 3.29. The maximum absolute atomic E-state index is 11.7. The maximum Gasteiger partial charge on any atom is 0.313 e. The van der Waals surface area contributed by atoms with Crippen LogP contribution < -0.4 is 0 Å². The van der Waals surface area contributed by atoms with Crippen LogP contribution in [0.15, 0.2) is 11.6 Å². The van der Waals surface area contributed by atoms with Crippen molar-refractivity contribution in [2.45, 2.75) is 52.9 Å². The maximum atomic E-state index is 11.7. The van der Waals surface area contributed by atoms with Crippen molar-refractivity contribution in [2.24, 2.45) is 11.8 Å². The number of hydrogen-bond acceptors (Lipinski definition) is 2. The fraction of sp³-hybridized carbons (Fsp3) is 0.688. The molecule has 2 nitrogen and oxygen atoms in total. The van der Waals surface area contributed by atoms with E-state index < -0.39 is 0 Å². The number of hydrogen-bond donors (Lipinski definition) is 0. The lowest BCUT2D eigenvalue weighted by molar-refractivity contribution is -0.147. The number of ether oxygens (including phenoxy) is 1. The molecule has 0 fully saturated rings. The Labute approximate surface area is 111 Å². The lowest BCUT2D eigenvalue weighted by Gasteiger charge is -2.23. The van der Waals surface area contributed by atoms with Crippen molar-refractivity contribution >= 4 is 5.97 Å². The minimum absolute atomic E-state index is 0.0429. The normalized spacial score (nSPS) is 22.7. The third kappa shape index (κ3) is 4.56. The molecule has 0 spiro atoms. The molecule has 0 aromatic rings. The standard InChI is InChI=1S/C16H24O2/c1-4-6-7-8-9-14-10-11-15(13(3)12-14)16(17)18-5-2/h12,14-15H,4-7,10-11H2,1-3H3. The van der Waals surface area contributed by atoms with Gasteiger partial charge in [-0.05, 0) is 33.1 Å². The van der Waals surface area contributed by atoms with E-state index >= 15 is 0 Å². The average molecular weight is 248 g/mol. The molecule has 0 amide bonds. The van der Waals surface area contributed by atoms with Gasteiger partial charge in [0.25, 0.3) is 0 Å². The SMILES string of the molecule is CCCCC#CC1C=C(C)C(C(=O)OCC)CC1. The highest BCUT2D eigenvalue weighted by Crippen LogP contribution is 2.28. The van der Waals surface area contributed by atoms with Gasteiger partial charge in [-0.3, -0.25) is 4.79 Å². The van der Waals surface area contributed by atoms with Crippen LogP contribution in [0.1, 0.15) is 52.9 Å². The van der Waals surface area contributed by atoms with Crippen LogP contribution in [0.2, 0.25) is 0 Å². The van der Waals surface area contributed by atoms with Crippen LogP contribution in [0.5, 0.6) is 0 Å². The topological polar surface area (TPSA) is 26.3 Å². The predicted molar refractivity (Wildman–Crippen MR) is 73.9 cm³/mol. The second-order valence-electron chi connectivity index (χ2n) is 4.82. The molecule has 100 valence electrons. The Balaban J connectivity index is 2.54. The first-order valence-corrected chi connectivity index (χ1v) is 7.02. The average Bonchev–Trinajstić information content (AvgIpc) is 2.35. The Kier molecular flexibility index (Phi) is 6.57. The van der Waals surface area contributed by atoms with Gasteiger partial charge >= 0.3 is 5.97 Å². The van der Waals surface area contributed by atoms with Gasteiger partial charge in [0, 0.05) is 12.3 Å². The van der Waals surface area contributed by atoms with Crippen molar-refractivity contribution in [1.82, 2.24) is 0 Å². The molecule has 0 saturated heterocycles. The number of allylic oxidation sites excluding steroid dienone is 1. The minimum atomic E-state index is -0.0800. The molecule has 0 heterocycles. The number of esters is 1. The van der Waals surface area contributed by atoms with Crippen LogP contribution in [-0.2, 0) is 9.53 Å². The quantitative estimate of drug-likeness (QED) is 0.328. The van der Waals surface area contributed by atoms with Crippen LogP contribution in [0, 0.1) is 23.7 Å². The summed E-state index contributed by atoms with van der Waals surface area (Å²) in [6.45, 7) is 6.50. The summed E-state index contributed by atoms with van der Waals surface area (Å²) in [4.78, 5) is 11.7. The van der Waals surface area contributed by atoms with Gasteiger partial charge in [0.2, 0.25) is 0 Å². The molecule has 0 radical (unpaired) electrons. The number of rotatable bonds is 4. The summed E-state index contributed by atoms with van der Waals surface area (Å²) in [5, 5.41) is 0. The van der Waals surface area contributed by atoms with Gasteiger partial charge in [-0.25, -0.2) is 0 Å². The van der Waals surface area contributed by atoms with Crippen molar-refractivity contribution in [3.8, 4) is 11.8 Å². The summed E-state index contributed by atoms with van der Waals surface area (Å²) in [7, 11) is 0. The van der Waals surface area contributed by atoms with Crippen molar-refractivity contribution in [1.29, 1.82) is 0 Å². The molecule has 1 rings (SSSR count). The highest BCUT2D eigenvalue weighted by Gasteiger charge is 2.26. The first-order chi connectivity index (χ1) is 8.69. The van der Waals surface area contributed by atoms with Crippen LogP contribution in [0.4, 0.5) is 0 Å². The van der Waals surface area contributed by atoms with E-state index in [4.69, 9.17) is 4.74 Å². The Morgan fingerprint density at radius 2 is 2.22 bits per heavy atom. The molecule has 2 atom stereocenters. The fourth-order valence-corrected chi connectivity index (χ4v) is 2.22. The molecule has 0 aliphatic heterocycles. The van der Waals surface area contributed by atoms with E-state index in [-0.39, 0.29) is 11.9 Å². The van der Waals surface area contributed by atoms with Gasteiger partial charge in [0.15, 0.2) is 0 Å². The highest BCUT2D eigenvalue weighted by atomic mass is 16.5. The van der Waals surface area contributed by atoms with Crippen molar-refractivity contribution in [3.63, 3.8) is 0 Å². The first kappa shape index (κ1) is 14.8. The fourth-order valence-electron chi connectivity index (χ4n) is 2.22. The van der Waals surface area contributed by atoms with Crippen LogP contribution >= 0.6 is 0 Å². The van der Waals surface area contributed by atoms with Crippen LogP contribution in [-0.4, -0.2) is 12.6 Å². The van der Waals surface area contributed by atoms with Gasteiger partial charge in [-0.15, -0.1) is 5.92 Å². The zero-order chi connectivity index (χ0) is 13.4. The van der Waals surface area contributed by atoms with Gasteiger partial charge in [0.1, 0.15) is 0 Å². The Hall–Kier alpha value is -1.23. The number of unbranched alkanes of at least 4 members (excludes halogenated alkanes) is 2. The monoisotopic (exact) mass is 248 g/mol.